The van der Waals surface area contributed by atoms with Gasteiger partial charge in [0.05, 0.1) is 18.8 Å². The van der Waals surface area contributed by atoms with E-state index in [2.05, 4.69) is 27.3 Å². The average molecular weight is 403 g/mol. The molecular weight excluding hydrogens is 383 g/mol. The van der Waals surface area contributed by atoms with Crippen LogP contribution in [0, 0.1) is 0 Å². The van der Waals surface area contributed by atoms with E-state index in [-0.39, 0.29) is 11.5 Å². The van der Waals surface area contributed by atoms with Crippen molar-refractivity contribution in [2.24, 2.45) is 0 Å². The second kappa shape index (κ2) is 8.52. The number of hydrogen-bond acceptors (Lipinski definition) is 5. The Morgan fingerprint density at radius 2 is 1.71 bits per heavy atom. The molecule has 1 atom stereocenters. The molecule has 0 amide bonds. The van der Waals surface area contributed by atoms with Gasteiger partial charge in [0, 0.05) is 24.0 Å². The molecule has 2 aromatic heterocycles. The molecule has 3 rings (SSSR count). The zero-order valence-corrected chi connectivity index (χ0v) is 16.4. The Morgan fingerprint density at radius 1 is 1.07 bits per heavy atom. The first-order chi connectivity index (χ1) is 13.3. The van der Waals surface area contributed by atoms with Crippen molar-refractivity contribution < 1.29 is 8.78 Å². The molecule has 6 nitrogen and oxygen atoms in total. The Kier molecular flexibility index (Phi) is 6.09. The van der Waals surface area contributed by atoms with Gasteiger partial charge in [0.15, 0.2) is 0 Å². The lowest BCUT2D eigenvalue weighted by Gasteiger charge is -2.11. The number of benzene rings is 1. The highest BCUT2D eigenvalue weighted by molar-refractivity contribution is 7.18. The summed E-state index contributed by atoms with van der Waals surface area (Å²) in [6.07, 6.45) is 3.90. The highest BCUT2D eigenvalue weighted by Crippen LogP contribution is 2.22. The topological polar surface area (TPSA) is 72.7 Å². The number of rotatable bonds is 7. The van der Waals surface area contributed by atoms with Crippen molar-refractivity contribution in [2.45, 2.75) is 25.6 Å². The number of aryl methyl sites for hydroxylation is 1. The van der Waals surface area contributed by atoms with Gasteiger partial charge in [-0.25, -0.2) is 23.4 Å². The minimum absolute atomic E-state index is 0.0928. The first-order valence-electron chi connectivity index (χ1n) is 8.73. The van der Waals surface area contributed by atoms with Gasteiger partial charge in [-0.15, -0.1) is 0 Å². The molecule has 0 aliphatic carbocycles. The normalized spacial score (nSPS) is 11.4. The van der Waals surface area contributed by atoms with Crippen LogP contribution in [0.2, 0.25) is 0 Å². The summed E-state index contributed by atoms with van der Waals surface area (Å²) in [4.78, 5) is 20.2. The van der Waals surface area contributed by atoms with E-state index in [9.17, 15) is 13.6 Å². The number of halogens is 2. The molecule has 146 valence electrons. The quantitative estimate of drug-likeness (QED) is 0.614. The van der Waals surface area contributed by atoms with Crippen LogP contribution >= 0.6 is 9.24 Å². The van der Waals surface area contributed by atoms with Gasteiger partial charge in [-0.2, -0.15) is 5.10 Å². The fourth-order valence-electron chi connectivity index (χ4n) is 2.52. The van der Waals surface area contributed by atoms with Crippen LogP contribution in [0.4, 0.5) is 14.7 Å². The summed E-state index contributed by atoms with van der Waals surface area (Å²) in [5.74, 6) is 0.0928. The maximum atomic E-state index is 12.9. The summed E-state index contributed by atoms with van der Waals surface area (Å²) >= 11 is 0. The summed E-state index contributed by atoms with van der Waals surface area (Å²) in [5, 5.41) is 6.83. The molecule has 0 aliphatic rings. The molecule has 1 aromatic carbocycles. The van der Waals surface area contributed by atoms with Crippen LogP contribution in [0.15, 0.2) is 53.6 Å². The molecular formula is C19H20F2N5OP. The lowest BCUT2D eigenvalue weighted by atomic mass is 10.1. The second-order valence-electron chi connectivity index (χ2n) is 6.29. The maximum absolute atomic E-state index is 12.9. The van der Waals surface area contributed by atoms with Crippen molar-refractivity contribution in [2.75, 3.05) is 11.9 Å². The SMILES string of the molecule is CCc1ccc(Cn2nc(-c3cnc(NCC(F)(F)P)nc3)ccc2=O)cc1. The maximum Gasteiger partial charge on any atom is 0.275 e. The monoisotopic (exact) mass is 403 g/mol. The number of hydrogen-bond donors (Lipinski definition) is 1. The lowest BCUT2D eigenvalue weighted by Crippen LogP contribution is -2.23. The van der Waals surface area contributed by atoms with Crippen LogP contribution in [0.5, 0.6) is 0 Å². The van der Waals surface area contributed by atoms with Crippen molar-refractivity contribution in [3.05, 3.63) is 70.3 Å². The van der Waals surface area contributed by atoms with Gasteiger partial charge in [-0.05, 0) is 23.6 Å². The van der Waals surface area contributed by atoms with E-state index in [1.165, 1.54) is 37.9 Å². The Bertz CT molecular complexity index is 985. The molecule has 0 aliphatic heterocycles. The van der Waals surface area contributed by atoms with Crippen LogP contribution < -0.4 is 10.9 Å². The summed E-state index contributed by atoms with van der Waals surface area (Å²) in [6, 6.07) is 11.0. The fraction of sp³-hybridized carbons (Fsp3) is 0.263. The third-order valence-corrected chi connectivity index (χ3v) is 4.26. The largest absolute Gasteiger partial charge is 0.348 e. The molecule has 0 bridgehead atoms. The van der Waals surface area contributed by atoms with E-state index in [1.807, 2.05) is 24.3 Å². The van der Waals surface area contributed by atoms with Crippen molar-refractivity contribution in [1.82, 2.24) is 19.7 Å². The lowest BCUT2D eigenvalue weighted by molar-refractivity contribution is 0.119. The molecule has 0 radical (unpaired) electrons. The first kappa shape index (κ1) is 20.0. The van der Waals surface area contributed by atoms with Crippen molar-refractivity contribution in [1.29, 1.82) is 0 Å². The smallest absolute Gasteiger partial charge is 0.275 e. The Labute approximate surface area is 163 Å². The predicted molar refractivity (Wildman–Crippen MR) is 108 cm³/mol. The summed E-state index contributed by atoms with van der Waals surface area (Å²) in [7, 11) is 1.45. The zero-order valence-electron chi connectivity index (χ0n) is 15.3. The van der Waals surface area contributed by atoms with Gasteiger partial charge in [0.2, 0.25) is 5.95 Å². The molecule has 28 heavy (non-hydrogen) atoms. The number of nitrogens with one attached hydrogen (secondary N) is 1. The zero-order chi connectivity index (χ0) is 20.1. The van der Waals surface area contributed by atoms with E-state index in [0.29, 0.717) is 17.8 Å². The number of anilines is 1. The molecule has 0 fully saturated rings. The first-order valence-corrected chi connectivity index (χ1v) is 9.31. The highest BCUT2D eigenvalue weighted by atomic mass is 31.0. The third kappa shape index (κ3) is 5.39. The summed E-state index contributed by atoms with van der Waals surface area (Å²) in [6.45, 7) is 1.84. The third-order valence-electron chi connectivity index (χ3n) is 4.06. The van der Waals surface area contributed by atoms with Crippen molar-refractivity contribution in [3.63, 3.8) is 0 Å². The van der Waals surface area contributed by atoms with Crippen molar-refractivity contribution >= 4 is 15.2 Å². The van der Waals surface area contributed by atoms with E-state index in [1.54, 1.807) is 6.07 Å². The van der Waals surface area contributed by atoms with Crippen LogP contribution in [0.25, 0.3) is 11.3 Å². The average Bonchev–Trinajstić information content (AvgIpc) is 2.68. The molecule has 0 spiro atoms. The predicted octanol–water partition coefficient (Wildman–Crippen LogP) is 3.19. The summed E-state index contributed by atoms with van der Waals surface area (Å²) in [5.41, 5.74) is 0.145. The van der Waals surface area contributed by atoms with Gasteiger partial charge in [0.1, 0.15) is 0 Å². The van der Waals surface area contributed by atoms with Crippen LogP contribution in [0.3, 0.4) is 0 Å². The molecule has 0 saturated carbocycles. The fourth-order valence-corrected chi connectivity index (χ4v) is 2.62. The Morgan fingerprint density at radius 3 is 2.32 bits per heavy atom. The van der Waals surface area contributed by atoms with Crippen LogP contribution in [0.1, 0.15) is 18.1 Å². The van der Waals surface area contributed by atoms with Gasteiger partial charge < -0.3 is 5.32 Å². The van der Waals surface area contributed by atoms with Gasteiger partial charge in [-0.1, -0.05) is 40.4 Å². The van der Waals surface area contributed by atoms with Crippen molar-refractivity contribution in [3.8, 4) is 11.3 Å². The Hall–Kier alpha value is -2.73. The van der Waals surface area contributed by atoms with Gasteiger partial charge >= 0.3 is 0 Å². The standard InChI is InChI=1S/C19H20F2N5OP/c1-2-13-3-5-14(6-4-13)11-26-17(27)8-7-16(25-26)15-9-22-18(23-10-15)24-12-19(20,21)28/h3-10H,2,11-12,28H2,1H3,(H,22,23,24). The molecule has 3 aromatic rings. The number of nitrogens with zero attached hydrogens (tertiary/aromatic N) is 4. The highest BCUT2D eigenvalue weighted by Gasteiger charge is 2.21. The molecule has 1 unspecified atom stereocenters. The van der Waals surface area contributed by atoms with Gasteiger partial charge in [-0.3, -0.25) is 4.79 Å². The van der Waals surface area contributed by atoms with E-state index in [4.69, 9.17) is 0 Å². The molecule has 1 N–H and O–H groups in total. The van der Waals surface area contributed by atoms with Gasteiger partial charge in [0.25, 0.3) is 11.2 Å². The van der Waals surface area contributed by atoms with Crippen LogP contribution in [-0.4, -0.2) is 32.0 Å². The number of aromatic nitrogens is 4. The van der Waals surface area contributed by atoms with Crippen LogP contribution in [-0.2, 0) is 13.0 Å². The molecule has 2 heterocycles. The number of alkyl halides is 2. The molecule has 0 saturated heterocycles. The van der Waals surface area contributed by atoms with E-state index in [0.717, 1.165) is 12.0 Å². The molecule has 9 heteroatoms. The Balaban J connectivity index is 1.77. The second-order valence-corrected chi connectivity index (χ2v) is 7.14. The van der Waals surface area contributed by atoms with E-state index < -0.39 is 12.2 Å². The minimum atomic E-state index is -2.94. The minimum Gasteiger partial charge on any atom is -0.348 e. The summed E-state index contributed by atoms with van der Waals surface area (Å²) < 4.78 is 27.1. The van der Waals surface area contributed by atoms with E-state index >= 15 is 0 Å².